The first kappa shape index (κ1) is 19.3. The third kappa shape index (κ3) is 2.90. The third-order valence-electron chi connectivity index (χ3n) is 6.48. The topological polar surface area (TPSA) is 0 Å². The van der Waals surface area contributed by atoms with Crippen LogP contribution in [-0.2, 0) is 0 Å². The maximum Gasteiger partial charge on any atom is 0.249 e. The first-order valence-electron chi connectivity index (χ1n) is 10.9. The predicted octanol–water partition coefficient (Wildman–Crippen LogP) is 6.35. The fourth-order valence-corrected chi connectivity index (χ4v) is 10.1. The van der Waals surface area contributed by atoms with Crippen molar-refractivity contribution in [1.29, 1.82) is 0 Å². The van der Waals surface area contributed by atoms with E-state index in [4.69, 9.17) is 11.1 Å². The van der Waals surface area contributed by atoms with Crippen LogP contribution in [0.2, 0.25) is 0 Å². The van der Waals surface area contributed by atoms with Crippen LogP contribution in [0.1, 0.15) is 0 Å². The molecule has 0 radical (unpaired) electrons. The molecule has 0 fully saturated rings. The van der Waals surface area contributed by atoms with Gasteiger partial charge in [0.1, 0.15) is 0 Å². The van der Waals surface area contributed by atoms with Gasteiger partial charge in [-0.3, -0.25) is 0 Å². The summed E-state index contributed by atoms with van der Waals surface area (Å²) in [5, 5.41) is 11.1. The van der Waals surface area contributed by atoms with Gasteiger partial charge in [0, 0.05) is 0 Å². The zero-order valence-corrected chi connectivity index (χ0v) is 19.3. The van der Waals surface area contributed by atoms with Gasteiger partial charge in [-0.05, 0) is 47.9 Å². The Hall–Kier alpha value is -3.39. The average Bonchev–Trinajstić information content (AvgIpc) is 2.87. The molecule has 0 nitrogen and oxygen atoms in total. The van der Waals surface area contributed by atoms with E-state index in [1.807, 2.05) is 0 Å². The van der Waals surface area contributed by atoms with Crippen molar-refractivity contribution < 1.29 is 0 Å². The summed E-state index contributed by atoms with van der Waals surface area (Å²) < 4.78 is 0. The van der Waals surface area contributed by atoms with Crippen LogP contribution >= 0.6 is 11.1 Å². The van der Waals surface area contributed by atoms with Crippen molar-refractivity contribution in [1.82, 2.24) is 0 Å². The Bertz CT molecular complexity index is 1390. The summed E-state index contributed by atoms with van der Waals surface area (Å²) in [6, 6.07) is 45.5. The Balaban J connectivity index is 1.81. The maximum atomic E-state index is 8.09. The molecular weight excluding hydrogens is 424 g/mol. The number of halogens is 1. The van der Waals surface area contributed by atoms with E-state index in [9.17, 15) is 0 Å². The minimum atomic E-state index is -2.90. The van der Waals surface area contributed by atoms with Crippen LogP contribution in [0.3, 0.4) is 0 Å². The second-order valence-electron chi connectivity index (χ2n) is 8.24. The van der Waals surface area contributed by atoms with Gasteiger partial charge in [-0.15, -0.1) is 11.1 Å². The van der Waals surface area contributed by atoms with Crippen LogP contribution in [0.5, 0.6) is 0 Å². The zero-order valence-electron chi connectivity index (χ0n) is 17.5. The molecule has 0 N–H and O–H groups in total. The summed E-state index contributed by atoms with van der Waals surface area (Å²) in [7, 11) is -2.90. The first-order valence-corrected chi connectivity index (χ1v) is 13.9. The van der Waals surface area contributed by atoms with Gasteiger partial charge in [0.2, 0.25) is 7.38 Å². The fourth-order valence-electron chi connectivity index (χ4n) is 5.01. The lowest BCUT2D eigenvalue weighted by Gasteiger charge is -2.30. The van der Waals surface area contributed by atoms with Gasteiger partial charge in [0.05, 0.1) is 0 Å². The highest BCUT2D eigenvalue weighted by molar-refractivity contribution is 7.42. The van der Waals surface area contributed by atoms with E-state index in [1.165, 1.54) is 47.9 Å². The maximum absolute atomic E-state index is 8.09. The van der Waals surface area contributed by atoms with Crippen molar-refractivity contribution in [2.75, 3.05) is 0 Å². The van der Waals surface area contributed by atoms with Gasteiger partial charge >= 0.3 is 0 Å². The molecule has 0 unspecified atom stereocenters. The van der Waals surface area contributed by atoms with Crippen LogP contribution in [0, 0.1) is 0 Å². The zero-order chi connectivity index (χ0) is 21.5. The van der Waals surface area contributed by atoms with Crippen LogP contribution in [0.15, 0.2) is 127 Å². The molecule has 0 aliphatic carbocycles. The Morgan fingerprint density at radius 3 is 0.969 bits per heavy atom. The standard InChI is InChI=1S/C30H21ClSi/c31-32(28-19-7-13-22-10-1-4-16-25(22)28,29-20-8-14-23-11-2-5-17-26(23)29)30-21-9-15-24-12-3-6-18-27(24)30/h1-21H. The molecule has 32 heavy (non-hydrogen) atoms. The minimum absolute atomic E-state index is 1.22. The van der Waals surface area contributed by atoms with E-state index < -0.39 is 7.38 Å². The van der Waals surface area contributed by atoms with Crippen molar-refractivity contribution in [3.63, 3.8) is 0 Å². The van der Waals surface area contributed by atoms with Crippen LogP contribution in [0.25, 0.3) is 32.3 Å². The second kappa shape index (κ2) is 7.63. The van der Waals surface area contributed by atoms with E-state index in [0.29, 0.717) is 0 Å². The molecule has 0 aromatic heterocycles. The van der Waals surface area contributed by atoms with E-state index in [-0.39, 0.29) is 0 Å². The SMILES string of the molecule is Cl[Si](c1cccc2ccccc12)(c1cccc2ccccc12)c1cccc2ccccc12. The van der Waals surface area contributed by atoms with Crippen molar-refractivity contribution >= 4 is 66.3 Å². The van der Waals surface area contributed by atoms with E-state index in [2.05, 4.69) is 127 Å². The van der Waals surface area contributed by atoms with Crippen LogP contribution < -0.4 is 15.6 Å². The summed E-state index contributed by atoms with van der Waals surface area (Å²) in [5.41, 5.74) is 0. The Labute approximate surface area is 193 Å². The lowest BCUT2D eigenvalue weighted by Crippen LogP contribution is -2.63. The van der Waals surface area contributed by atoms with Gasteiger partial charge < -0.3 is 0 Å². The average molecular weight is 445 g/mol. The molecule has 6 aromatic carbocycles. The molecule has 0 heterocycles. The highest BCUT2D eigenvalue weighted by Crippen LogP contribution is 2.25. The molecule has 0 spiro atoms. The van der Waals surface area contributed by atoms with Gasteiger partial charge in [0.25, 0.3) is 0 Å². The molecule has 0 bridgehead atoms. The number of rotatable bonds is 3. The van der Waals surface area contributed by atoms with E-state index in [1.54, 1.807) is 0 Å². The monoisotopic (exact) mass is 444 g/mol. The van der Waals surface area contributed by atoms with Crippen LogP contribution in [0.4, 0.5) is 0 Å². The fraction of sp³-hybridized carbons (Fsp3) is 0. The van der Waals surface area contributed by atoms with Crippen molar-refractivity contribution in [2.45, 2.75) is 0 Å². The highest BCUT2D eigenvalue weighted by atomic mass is 35.6. The molecule has 0 aliphatic heterocycles. The summed E-state index contributed by atoms with van der Waals surface area (Å²) in [4.78, 5) is 0. The molecule has 0 amide bonds. The lowest BCUT2D eigenvalue weighted by molar-refractivity contribution is 1.74. The Morgan fingerprint density at radius 2 is 0.625 bits per heavy atom. The normalized spacial score (nSPS) is 11.9. The molecule has 152 valence electrons. The molecule has 6 rings (SSSR count). The largest absolute Gasteiger partial charge is 0.249 e. The molecule has 0 atom stereocenters. The Kier molecular flexibility index (Phi) is 4.60. The van der Waals surface area contributed by atoms with Gasteiger partial charge in [-0.1, -0.05) is 127 Å². The first-order chi connectivity index (χ1) is 15.8. The van der Waals surface area contributed by atoms with E-state index >= 15 is 0 Å². The third-order valence-corrected chi connectivity index (χ3v) is 11.8. The number of fused-ring (bicyclic) bond motifs is 3. The summed E-state index contributed by atoms with van der Waals surface area (Å²) >= 11 is 8.09. The van der Waals surface area contributed by atoms with Gasteiger partial charge in [-0.25, -0.2) is 0 Å². The van der Waals surface area contributed by atoms with Gasteiger partial charge in [-0.2, -0.15) is 0 Å². The predicted molar refractivity (Wildman–Crippen MR) is 142 cm³/mol. The quantitative estimate of drug-likeness (QED) is 0.169. The Morgan fingerprint density at radius 1 is 0.344 bits per heavy atom. The smallest absolute Gasteiger partial charge is 0.149 e. The highest BCUT2D eigenvalue weighted by Gasteiger charge is 2.41. The second-order valence-corrected chi connectivity index (χ2v) is 12.9. The van der Waals surface area contributed by atoms with Crippen molar-refractivity contribution in [3.8, 4) is 0 Å². The van der Waals surface area contributed by atoms with Crippen molar-refractivity contribution in [2.24, 2.45) is 0 Å². The number of benzene rings is 6. The number of hydrogen-bond donors (Lipinski definition) is 0. The molecule has 0 saturated carbocycles. The van der Waals surface area contributed by atoms with Gasteiger partial charge in [0.15, 0.2) is 0 Å². The lowest BCUT2D eigenvalue weighted by atomic mass is 10.1. The summed E-state index contributed by atoms with van der Waals surface area (Å²) in [6.45, 7) is 0. The van der Waals surface area contributed by atoms with Crippen molar-refractivity contribution in [3.05, 3.63) is 127 Å². The molecule has 2 heteroatoms. The van der Waals surface area contributed by atoms with E-state index in [0.717, 1.165) is 0 Å². The minimum Gasteiger partial charge on any atom is -0.149 e. The molecule has 0 saturated heterocycles. The summed E-state index contributed by atoms with van der Waals surface area (Å²) in [6.07, 6.45) is 0. The van der Waals surface area contributed by atoms with Crippen LogP contribution in [-0.4, -0.2) is 7.38 Å². The molecule has 0 aliphatic rings. The summed E-state index contributed by atoms with van der Waals surface area (Å²) in [5.74, 6) is 0. The molecular formula is C30H21ClSi. The number of hydrogen-bond acceptors (Lipinski definition) is 0. The molecule has 6 aromatic rings.